The van der Waals surface area contributed by atoms with E-state index in [0.29, 0.717) is 51.7 Å². The van der Waals surface area contributed by atoms with Gasteiger partial charge in [-0.2, -0.15) is 0 Å². The van der Waals surface area contributed by atoms with Crippen molar-refractivity contribution in [1.29, 1.82) is 0 Å². The Morgan fingerprint density at radius 1 is 0.836 bits per heavy atom. The quantitative estimate of drug-likeness (QED) is 0.146. The summed E-state index contributed by atoms with van der Waals surface area (Å²) in [5, 5.41) is 0.312. The minimum Gasteiger partial charge on any atom is -0.383 e. The van der Waals surface area contributed by atoms with Gasteiger partial charge in [-0.25, -0.2) is 24.3 Å². The molecule has 0 spiro atoms. The van der Waals surface area contributed by atoms with Crippen molar-refractivity contribution in [1.82, 2.24) is 43.6 Å². The van der Waals surface area contributed by atoms with Crippen molar-refractivity contribution < 1.29 is 9.13 Å². The number of ether oxygens (including phenoxy) is 1. The second kappa shape index (κ2) is 15.2. The zero-order valence-electron chi connectivity index (χ0n) is 30.3. The maximum atomic E-state index is 14.7. The molecule has 12 nitrogen and oxygen atoms in total. The molecule has 1 fully saturated rings. The van der Waals surface area contributed by atoms with Crippen LogP contribution < -0.4 is 10.5 Å². The summed E-state index contributed by atoms with van der Waals surface area (Å²) < 4.78 is 25.3. The predicted molar refractivity (Wildman–Crippen MR) is 212 cm³/mol. The maximum absolute atomic E-state index is 14.7. The van der Waals surface area contributed by atoms with E-state index in [9.17, 15) is 9.18 Å². The Morgan fingerprint density at radius 2 is 1.49 bits per heavy atom. The fourth-order valence-corrected chi connectivity index (χ4v) is 6.50. The molecule has 0 N–H and O–H groups in total. The Hall–Kier alpha value is -6.31. The van der Waals surface area contributed by atoms with Crippen LogP contribution in [0.4, 0.5) is 10.3 Å². The summed E-state index contributed by atoms with van der Waals surface area (Å²) in [4.78, 5) is 41.3. The van der Waals surface area contributed by atoms with Crippen LogP contribution in [0.25, 0.3) is 56.2 Å². The Labute approximate surface area is 320 Å². The third-order valence-electron chi connectivity index (χ3n) is 9.37. The minimum absolute atomic E-state index is 0.0803. The van der Waals surface area contributed by atoms with Gasteiger partial charge in [-0.05, 0) is 68.3 Å². The second-order valence-electron chi connectivity index (χ2n) is 13.3. The Bertz CT molecular complexity index is 2690. The van der Waals surface area contributed by atoms with E-state index in [-0.39, 0.29) is 5.56 Å². The number of rotatable bonds is 9. The molecular weight excluding hydrogens is 719 g/mol. The molecule has 6 heterocycles. The van der Waals surface area contributed by atoms with Crippen molar-refractivity contribution in [2.45, 2.75) is 25.8 Å². The van der Waals surface area contributed by atoms with Gasteiger partial charge in [0.05, 0.1) is 52.3 Å². The number of aromatic nitrogens is 9. The van der Waals surface area contributed by atoms with Gasteiger partial charge in [0.15, 0.2) is 0 Å². The molecule has 1 aliphatic rings. The second-order valence-corrected chi connectivity index (χ2v) is 13.7. The van der Waals surface area contributed by atoms with Crippen LogP contribution >= 0.6 is 11.6 Å². The molecule has 0 amide bonds. The van der Waals surface area contributed by atoms with Crippen LogP contribution in [0.2, 0.25) is 5.02 Å². The van der Waals surface area contributed by atoms with Crippen molar-refractivity contribution in [3.63, 3.8) is 0 Å². The van der Waals surface area contributed by atoms with Crippen molar-refractivity contribution >= 4 is 39.6 Å². The van der Waals surface area contributed by atoms with Crippen LogP contribution in [0.1, 0.15) is 24.4 Å². The van der Waals surface area contributed by atoms with Crippen LogP contribution in [0.3, 0.4) is 0 Å². The summed E-state index contributed by atoms with van der Waals surface area (Å²) in [5.74, 6) is 1.45. The molecule has 276 valence electrons. The normalized spacial score (nSPS) is 12.5. The number of likely N-dealkylation sites (N-methyl/N-ethyl adjacent to an activating group) is 1. The number of benzene rings is 2. The Kier molecular flexibility index (Phi) is 9.87. The summed E-state index contributed by atoms with van der Waals surface area (Å²) in [7, 11) is 3.63. The summed E-state index contributed by atoms with van der Waals surface area (Å²) >= 11 is 5.91. The van der Waals surface area contributed by atoms with Gasteiger partial charge in [-0.1, -0.05) is 29.3 Å². The van der Waals surface area contributed by atoms with Crippen LogP contribution in [-0.2, 0) is 4.74 Å². The molecule has 2 aromatic carbocycles. The first-order valence-corrected chi connectivity index (χ1v) is 18.1. The molecule has 14 heteroatoms. The molecule has 0 radical (unpaired) electrons. The van der Waals surface area contributed by atoms with Crippen molar-refractivity contribution in [2.75, 3.05) is 32.2 Å². The van der Waals surface area contributed by atoms with E-state index in [1.54, 1.807) is 65.3 Å². The Balaban J connectivity index is 0.000000155. The fourth-order valence-electron chi connectivity index (χ4n) is 6.34. The van der Waals surface area contributed by atoms with Crippen molar-refractivity contribution in [3.8, 4) is 34.2 Å². The van der Waals surface area contributed by atoms with E-state index in [4.69, 9.17) is 21.3 Å². The minimum atomic E-state index is -0.474. The molecule has 1 saturated carbocycles. The highest BCUT2D eigenvalue weighted by Gasteiger charge is 2.25. The molecule has 55 heavy (non-hydrogen) atoms. The number of hydrogen-bond acceptors (Lipinski definition) is 9. The van der Waals surface area contributed by atoms with Gasteiger partial charge in [0.2, 0.25) is 5.95 Å². The highest BCUT2D eigenvalue weighted by Crippen LogP contribution is 2.35. The lowest BCUT2D eigenvalue weighted by atomic mass is 10.2. The van der Waals surface area contributed by atoms with Gasteiger partial charge in [-0.15, -0.1) is 0 Å². The highest BCUT2D eigenvalue weighted by atomic mass is 35.5. The first kappa shape index (κ1) is 35.7. The average molecular weight is 755 g/mol. The zero-order chi connectivity index (χ0) is 38.1. The van der Waals surface area contributed by atoms with Gasteiger partial charge in [0.1, 0.15) is 17.5 Å². The highest BCUT2D eigenvalue weighted by molar-refractivity contribution is 6.30. The maximum Gasteiger partial charge on any atom is 0.251 e. The lowest BCUT2D eigenvalue weighted by molar-refractivity contribution is 0.206. The van der Waals surface area contributed by atoms with Crippen molar-refractivity contribution in [2.24, 2.45) is 0 Å². The molecule has 0 bridgehead atoms. The number of pyridine rings is 3. The molecular formula is C41H36ClFN10O2. The zero-order valence-corrected chi connectivity index (χ0v) is 31.1. The van der Waals surface area contributed by atoms with Gasteiger partial charge in [-0.3, -0.25) is 23.9 Å². The van der Waals surface area contributed by atoms with Crippen LogP contribution in [0, 0.1) is 12.7 Å². The molecule has 6 aromatic heterocycles. The summed E-state index contributed by atoms with van der Waals surface area (Å²) in [5.41, 5.74) is 7.08. The first-order valence-electron chi connectivity index (χ1n) is 17.7. The molecule has 0 atom stereocenters. The van der Waals surface area contributed by atoms with Gasteiger partial charge >= 0.3 is 0 Å². The summed E-state index contributed by atoms with van der Waals surface area (Å²) in [6.07, 6.45) is 14.3. The number of nitrogens with zero attached hydrogens (tertiary/aromatic N) is 10. The molecule has 0 unspecified atom stereocenters. The number of hydrogen-bond donors (Lipinski definition) is 0. The molecule has 9 rings (SSSR count). The van der Waals surface area contributed by atoms with E-state index < -0.39 is 5.82 Å². The van der Waals surface area contributed by atoms with Crippen LogP contribution in [0.15, 0.2) is 115 Å². The number of anilines is 1. The van der Waals surface area contributed by atoms with Gasteiger partial charge in [0, 0.05) is 80.1 Å². The number of fused-ring (bicyclic) bond motifs is 2. The first-order chi connectivity index (χ1) is 26.8. The molecule has 0 aliphatic heterocycles. The van der Waals surface area contributed by atoms with E-state index in [1.807, 2.05) is 42.7 Å². The van der Waals surface area contributed by atoms with Crippen LogP contribution in [0.5, 0.6) is 0 Å². The third kappa shape index (κ3) is 7.31. The lowest BCUT2D eigenvalue weighted by Gasteiger charge is -2.16. The predicted octanol–water partition coefficient (Wildman–Crippen LogP) is 7.65. The van der Waals surface area contributed by atoms with Crippen LogP contribution in [-0.4, -0.2) is 70.9 Å². The Morgan fingerprint density at radius 3 is 2.11 bits per heavy atom. The van der Waals surface area contributed by atoms with E-state index in [1.165, 1.54) is 11.6 Å². The summed E-state index contributed by atoms with van der Waals surface area (Å²) in [6, 6.07) is 20.2. The molecule has 0 saturated heterocycles. The SMILES string of the molecule is COCCN(C)c1ncc(-c2nc3ccncc3n2-c2ccc(C)cc2)cn1.O=c1cc(-c2nc3ccncc3n2-c2ccc(Cl)cc2F)ccn1C1CC1. The molecule has 1 aliphatic carbocycles. The van der Waals surface area contributed by atoms with E-state index in [2.05, 4.69) is 60.7 Å². The van der Waals surface area contributed by atoms with E-state index >= 15 is 0 Å². The number of imidazole rings is 2. The standard InChI is InChI=1S/C21H22N6O.C20H14ClFN4O/c1-15-4-6-17(7-5-15)27-19-14-22-9-8-18(19)25-20(27)16-12-23-21(24-13-16)26(2)10-11-28-3;21-13-1-4-17(15(22)10-13)26-18-11-23-7-5-16(18)24-20(26)12-6-8-25(14-2-3-14)19(27)9-12/h4-9,12-14H,10-11H2,1-3H3;1,4-11,14H,2-3H2. The monoisotopic (exact) mass is 754 g/mol. The number of aryl methyl sites for hydroxylation is 1. The number of halogens is 2. The smallest absolute Gasteiger partial charge is 0.251 e. The van der Waals surface area contributed by atoms with Gasteiger partial charge < -0.3 is 14.2 Å². The van der Waals surface area contributed by atoms with E-state index in [0.717, 1.165) is 47.5 Å². The summed E-state index contributed by atoms with van der Waals surface area (Å²) in [6.45, 7) is 3.42. The average Bonchev–Trinajstić information content (AvgIpc) is 3.86. The third-order valence-corrected chi connectivity index (χ3v) is 9.61. The topological polar surface area (TPSA) is 122 Å². The van der Waals surface area contributed by atoms with Crippen molar-refractivity contribution in [3.05, 3.63) is 137 Å². The molecule has 8 aromatic rings. The fraction of sp³-hybridized carbons (Fsp3) is 0.195. The van der Waals surface area contributed by atoms with Gasteiger partial charge in [0.25, 0.3) is 5.56 Å². The lowest BCUT2D eigenvalue weighted by Crippen LogP contribution is -2.24. The number of methoxy groups -OCH3 is 1. The largest absolute Gasteiger partial charge is 0.383 e.